The molecule has 2 rings (SSSR count). The molecule has 1 heterocycles. The maximum atomic E-state index is 13.3. The van der Waals surface area contributed by atoms with Crippen LogP contribution in [0, 0.1) is 5.82 Å². The Bertz CT molecular complexity index is 655. The fourth-order valence-corrected chi connectivity index (χ4v) is 1.54. The molecule has 6 heteroatoms. The summed E-state index contributed by atoms with van der Waals surface area (Å²) in [6.07, 6.45) is 1.27. The summed E-state index contributed by atoms with van der Waals surface area (Å²) >= 11 is 5.67. The molecular weight excluding hydrogens is 259 g/mol. The summed E-state index contributed by atoms with van der Waals surface area (Å²) in [7, 11) is 0. The molecule has 0 unspecified atom stereocenters. The molecule has 1 aromatic carbocycles. The first-order chi connectivity index (χ1) is 8.58. The third kappa shape index (κ3) is 2.57. The Labute approximate surface area is 106 Å². The molecule has 2 N–H and O–H groups in total. The molecular formula is C12H8ClFN2O2. The Morgan fingerprint density at radius 1 is 1.33 bits per heavy atom. The molecule has 4 nitrogen and oxygen atoms in total. The van der Waals surface area contributed by atoms with Gasteiger partial charge in [-0.15, -0.1) is 0 Å². The molecule has 1 aromatic heterocycles. The van der Waals surface area contributed by atoms with Gasteiger partial charge in [0.15, 0.2) is 0 Å². The average molecular weight is 267 g/mol. The van der Waals surface area contributed by atoms with E-state index in [9.17, 15) is 14.0 Å². The highest BCUT2D eigenvalue weighted by Crippen LogP contribution is 2.14. The van der Waals surface area contributed by atoms with E-state index < -0.39 is 17.3 Å². The highest BCUT2D eigenvalue weighted by molar-refractivity contribution is 6.30. The van der Waals surface area contributed by atoms with Crippen molar-refractivity contribution in [3.63, 3.8) is 0 Å². The molecule has 18 heavy (non-hydrogen) atoms. The molecule has 0 bridgehead atoms. The number of aromatic amines is 1. The van der Waals surface area contributed by atoms with Crippen LogP contribution in [0.2, 0.25) is 5.02 Å². The zero-order valence-corrected chi connectivity index (χ0v) is 9.79. The number of anilines is 1. The summed E-state index contributed by atoms with van der Waals surface area (Å²) < 4.78 is 13.3. The molecule has 0 saturated heterocycles. The fourth-order valence-electron chi connectivity index (χ4n) is 1.38. The number of aromatic nitrogens is 1. The summed E-state index contributed by atoms with van der Waals surface area (Å²) in [5.41, 5.74) is -0.763. The van der Waals surface area contributed by atoms with E-state index in [0.717, 1.165) is 0 Å². The van der Waals surface area contributed by atoms with Crippen LogP contribution >= 0.6 is 11.6 Å². The van der Waals surface area contributed by atoms with Gasteiger partial charge >= 0.3 is 0 Å². The summed E-state index contributed by atoms with van der Waals surface area (Å²) in [6, 6.07) is 6.89. The van der Waals surface area contributed by atoms with Crippen LogP contribution in [0.1, 0.15) is 10.4 Å². The smallest absolute Gasteiger partial charge is 0.261 e. The number of carbonyl (C=O) groups excluding carboxylic acids is 1. The summed E-state index contributed by atoms with van der Waals surface area (Å²) in [5, 5.41) is 2.52. The number of hydrogen-bond acceptors (Lipinski definition) is 2. The zero-order valence-electron chi connectivity index (χ0n) is 9.04. The number of pyridine rings is 1. The van der Waals surface area contributed by atoms with Crippen LogP contribution in [-0.2, 0) is 0 Å². The van der Waals surface area contributed by atoms with Crippen LogP contribution in [0.25, 0.3) is 0 Å². The lowest BCUT2D eigenvalue weighted by Gasteiger charge is -2.05. The normalized spacial score (nSPS) is 10.1. The Balaban J connectivity index is 2.31. The van der Waals surface area contributed by atoms with Gasteiger partial charge in [-0.25, -0.2) is 4.39 Å². The fraction of sp³-hybridized carbons (Fsp3) is 0. The number of H-pyrrole nitrogens is 1. The standard InChI is InChI=1S/C12H8ClFN2O2/c13-7-5-8(11(17)15-6-7)12(18)16-10-4-2-1-3-9(10)14/h1-6H,(H,15,17)(H,16,18). The number of hydrogen-bond donors (Lipinski definition) is 2. The summed E-state index contributed by atoms with van der Waals surface area (Å²) in [4.78, 5) is 25.5. The van der Waals surface area contributed by atoms with Crippen molar-refractivity contribution < 1.29 is 9.18 Å². The van der Waals surface area contributed by atoms with Crippen molar-refractivity contribution in [2.45, 2.75) is 0 Å². The van der Waals surface area contributed by atoms with Gasteiger partial charge in [0, 0.05) is 6.20 Å². The molecule has 0 fully saturated rings. The van der Waals surface area contributed by atoms with Crippen LogP contribution in [-0.4, -0.2) is 10.9 Å². The molecule has 0 radical (unpaired) electrons. The predicted octanol–water partition coefficient (Wildman–Crippen LogP) is 2.42. The first-order valence-corrected chi connectivity index (χ1v) is 5.40. The van der Waals surface area contributed by atoms with E-state index in [4.69, 9.17) is 11.6 Å². The first-order valence-electron chi connectivity index (χ1n) is 5.02. The van der Waals surface area contributed by atoms with E-state index >= 15 is 0 Å². The molecule has 0 aliphatic rings. The van der Waals surface area contributed by atoms with Gasteiger partial charge in [-0.1, -0.05) is 23.7 Å². The van der Waals surface area contributed by atoms with Crippen LogP contribution in [0.15, 0.2) is 41.3 Å². The third-order valence-electron chi connectivity index (χ3n) is 2.23. The van der Waals surface area contributed by atoms with Gasteiger partial charge in [0.05, 0.1) is 10.7 Å². The predicted molar refractivity (Wildman–Crippen MR) is 66.4 cm³/mol. The number of carbonyl (C=O) groups is 1. The largest absolute Gasteiger partial charge is 0.327 e. The lowest BCUT2D eigenvalue weighted by molar-refractivity contribution is 0.102. The summed E-state index contributed by atoms with van der Waals surface area (Å²) in [5.74, 6) is -1.30. The summed E-state index contributed by atoms with van der Waals surface area (Å²) in [6.45, 7) is 0. The van der Waals surface area contributed by atoms with Crippen molar-refractivity contribution in [3.05, 3.63) is 63.3 Å². The second kappa shape index (κ2) is 5.01. The maximum Gasteiger partial charge on any atom is 0.261 e. The van der Waals surface area contributed by atoms with Gasteiger partial charge in [-0.3, -0.25) is 9.59 Å². The second-order valence-electron chi connectivity index (χ2n) is 3.49. The molecule has 1 amide bonds. The lowest BCUT2D eigenvalue weighted by atomic mass is 10.2. The number of halogens is 2. The lowest BCUT2D eigenvalue weighted by Crippen LogP contribution is -2.23. The monoisotopic (exact) mass is 266 g/mol. The molecule has 0 saturated carbocycles. The molecule has 0 aliphatic heterocycles. The van der Waals surface area contributed by atoms with E-state index in [2.05, 4.69) is 10.3 Å². The average Bonchev–Trinajstić information content (AvgIpc) is 2.35. The Morgan fingerprint density at radius 3 is 2.78 bits per heavy atom. The number of para-hydroxylation sites is 1. The zero-order chi connectivity index (χ0) is 13.1. The van der Waals surface area contributed by atoms with Crippen molar-refractivity contribution in [1.82, 2.24) is 4.98 Å². The van der Waals surface area contributed by atoms with Gasteiger partial charge in [-0.05, 0) is 18.2 Å². The van der Waals surface area contributed by atoms with Crippen LogP contribution in [0.5, 0.6) is 0 Å². The van der Waals surface area contributed by atoms with Crippen LogP contribution < -0.4 is 10.9 Å². The van der Waals surface area contributed by atoms with Gasteiger partial charge < -0.3 is 10.3 Å². The van der Waals surface area contributed by atoms with Crippen molar-refractivity contribution >= 4 is 23.2 Å². The van der Waals surface area contributed by atoms with E-state index in [1.165, 1.54) is 30.5 Å². The van der Waals surface area contributed by atoms with Crippen molar-refractivity contribution in [3.8, 4) is 0 Å². The number of benzene rings is 1. The molecule has 0 spiro atoms. The number of nitrogens with one attached hydrogen (secondary N) is 2. The molecule has 2 aromatic rings. The maximum absolute atomic E-state index is 13.3. The minimum Gasteiger partial charge on any atom is -0.327 e. The van der Waals surface area contributed by atoms with Crippen LogP contribution in [0.4, 0.5) is 10.1 Å². The van der Waals surface area contributed by atoms with Crippen LogP contribution in [0.3, 0.4) is 0 Å². The Morgan fingerprint density at radius 2 is 2.06 bits per heavy atom. The van der Waals surface area contributed by atoms with E-state index in [0.29, 0.717) is 0 Å². The minimum absolute atomic E-state index is 0.00174. The Kier molecular flexibility index (Phi) is 3.43. The van der Waals surface area contributed by atoms with Gasteiger partial charge in [0.2, 0.25) is 0 Å². The second-order valence-corrected chi connectivity index (χ2v) is 3.93. The van der Waals surface area contributed by atoms with Crippen molar-refractivity contribution in [1.29, 1.82) is 0 Å². The Hall–Kier alpha value is -2.14. The highest BCUT2D eigenvalue weighted by atomic mass is 35.5. The topological polar surface area (TPSA) is 62.0 Å². The van der Waals surface area contributed by atoms with Gasteiger partial charge in [0.1, 0.15) is 11.4 Å². The van der Waals surface area contributed by atoms with Gasteiger partial charge in [-0.2, -0.15) is 0 Å². The minimum atomic E-state index is -0.719. The van der Waals surface area contributed by atoms with Gasteiger partial charge in [0.25, 0.3) is 11.5 Å². The van der Waals surface area contributed by atoms with Crippen molar-refractivity contribution in [2.24, 2.45) is 0 Å². The SMILES string of the molecule is O=C(Nc1ccccc1F)c1cc(Cl)c[nH]c1=O. The first kappa shape index (κ1) is 12.3. The van der Waals surface area contributed by atoms with E-state index in [-0.39, 0.29) is 16.3 Å². The van der Waals surface area contributed by atoms with E-state index in [1.54, 1.807) is 6.07 Å². The third-order valence-corrected chi connectivity index (χ3v) is 2.45. The number of rotatable bonds is 2. The van der Waals surface area contributed by atoms with E-state index in [1.807, 2.05) is 0 Å². The van der Waals surface area contributed by atoms with Crippen molar-refractivity contribution in [2.75, 3.05) is 5.32 Å². The molecule has 0 aliphatic carbocycles. The highest BCUT2D eigenvalue weighted by Gasteiger charge is 2.12. The molecule has 92 valence electrons. The quantitative estimate of drug-likeness (QED) is 0.877. The number of amides is 1. The molecule has 0 atom stereocenters.